The molecular weight excluding hydrogens is 567 g/mol. The third kappa shape index (κ3) is 6.96. The Labute approximate surface area is 254 Å². The van der Waals surface area contributed by atoms with E-state index < -0.39 is 17.6 Å². The van der Waals surface area contributed by atoms with Crippen LogP contribution < -0.4 is 15.8 Å². The molecule has 10 heteroatoms. The number of aromatic nitrogens is 1. The molecule has 44 heavy (non-hydrogen) atoms. The number of amides is 1. The van der Waals surface area contributed by atoms with Crippen molar-refractivity contribution in [2.24, 2.45) is 0 Å². The highest BCUT2D eigenvalue weighted by molar-refractivity contribution is 6.04. The Morgan fingerprint density at radius 3 is 2.45 bits per heavy atom. The van der Waals surface area contributed by atoms with Crippen LogP contribution in [-0.2, 0) is 12.7 Å². The summed E-state index contributed by atoms with van der Waals surface area (Å²) < 4.78 is 47.8. The first kappa shape index (κ1) is 30.9. The minimum atomic E-state index is -4.56. The largest absolute Gasteiger partial charge is 0.477 e. The van der Waals surface area contributed by atoms with Gasteiger partial charge in [-0.25, -0.2) is 0 Å². The molecule has 2 heterocycles. The van der Waals surface area contributed by atoms with Crippen LogP contribution in [-0.4, -0.2) is 60.5 Å². The first-order valence-electron chi connectivity index (χ1n) is 14.4. The van der Waals surface area contributed by atoms with Crippen molar-refractivity contribution in [1.82, 2.24) is 14.8 Å². The lowest BCUT2D eigenvalue weighted by atomic mass is 10.0. The van der Waals surface area contributed by atoms with Crippen LogP contribution in [0.2, 0.25) is 0 Å². The van der Waals surface area contributed by atoms with E-state index in [2.05, 4.69) is 27.0 Å². The van der Waals surface area contributed by atoms with E-state index in [9.17, 15) is 18.0 Å². The molecule has 0 unspecified atom stereocenters. The molecule has 3 N–H and O–H groups in total. The van der Waals surface area contributed by atoms with Crippen LogP contribution >= 0.6 is 0 Å². The number of nitrogens with zero attached hydrogens (tertiary/aromatic N) is 3. The lowest BCUT2D eigenvalue weighted by Gasteiger charge is -2.33. The van der Waals surface area contributed by atoms with Crippen molar-refractivity contribution < 1.29 is 22.7 Å². The molecule has 1 aromatic heterocycles. The summed E-state index contributed by atoms with van der Waals surface area (Å²) in [5.41, 5.74) is 7.95. The first-order valence-corrected chi connectivity index (χ1v) is 14.4. The van der Waals surface area contributed by atoms with Crippen LogP contribution in [0, 0.1) is 18.8 Å². The fourth-order valence-corrected chi connectivity index (χ4v) is 5.16. The number of carbonyl (C=O) groups is 1. The van der Waals surface area contributed by atoms with Crippen LogP contribution in [0.3, 0.4) is 0 Å². The summed E-state index contributed by atoms with van der Waals surface area (Å²) in [6.45, 7) is 7.36. The van der Waals surface area contributed by atoms with Gasteiger partial charge in [0.1, 0.15) is 5.82 Å². The van der Waals surface area contributed by atoms with Crippen LogP contribution in [0.1, 0.15) is 45.1 Å². The number of rotatable bonds is 6. The standard InChI is InChI=1S/C34H34F3N5O2/c1-4-44-33-29-8-6-5-7-27(29)28(31(38)40-33)14-12-23-19-24(10-9-22(23)2)32(43)39-26-13-11-25(30(20-26)34(35,36)37)21-42-17-15-41(3)16-18-42/h5-11,13,19-20H,4,15-18,21H2,1-3H3,(H2,38,40)(H,39,43). The second kappa shape index (κ2) is 13.0. The number of likely N-dealkylation sites (N-methyl/N-ethyl adjacent to an activating group) is 1. The van der Waals surface area contributed by atoms with E-state index >= 15 is 0 Å². The number of benzene rings is 3. The minimum absolute atomic E-state index is 0.0670. The number of pyridine rings is 1. The number of carbonyl (C=O) groups excluding carboxylic acids is 1. The molecule has 1 amide bonds. The highest BCUT2D eigenvalue weighted by Gasteiger charge is 2.34. The highest BCUT2D eigenvalue weighted by atomic mass is 19.4. The summed E-state index contributed by atoms with van der Waals surface area (Å²) in [6, 6.07) is 16.5. The molecule has 1 aliphatic heterocycles. The number of piperazine rings is 1. The van der Waals surface area contributed by atoms with Crippen molar-refractivity contribution in [3.8, 4) is 17.7 Å². The van der Waals surface area contributed by atoms with E-state index in [0.717, 1.165) is 35.5 Å². The summed E-state index contributed by atoms with van der Waals surface area (Å²) >= 11 is 0. The number of ether oxygens (including phenoxy) is 1. The van der Waals surface area contributed by atoms with Gasteiger partial charge in [0.2, 0.25) is 5.88 Å². The Kier molecular flexibility index (Phi) is 9.09. The number of hydrogen-bond donors (Lipinski definition) is 2. The van der Waals surface area contributed by atoms with Crippen molar-refractivity contribution in [3.05, 3.63) is 94.0 Å². The van der Waals surface area contributed by atoms with Gasteiger partial charge in [0.25, 0.3) is 5.91 Å². The molecule has 4 aromatic rings. The molecule has 0 bridgehead atoms. The molecule has 1 aliphatic rings. The summed E-state index contributed by atoms with van der Waals surface area (Å²) in [4.78, 5) is 21.7. The lowest BCUT2D eigenvalue weighted by molar-refractivity contribution is -0.138. The maximum absolute atomic E-state index is 14.0. The summed E-state index contributed by atoms with van der Waals surface area (Å²) in [5, 5.41) is 4.20. The molecule has 5 rings (SSSR count). The first-order chi connectivity index (χ1) is 21.0. The second-order valence-electron chi connectivity index (χ2n) is 10.8. The van der Waals surface area contributed by atoms with Gasteiger partial charge in [0, 0.05) is 60.3 Å². The maximum Gasteiger partial charge on any atom is 0.416 e. The Morgan fingerprint density at radius 1 is 1.02 bits per heavy atom. The van der Waals surface area contributed by atoms with Crippen LogP contribution in [0.25, 0.3) is 10.8 Å². The average Bonchev–Trinajstić information content (AvgIpc) is 2.99. The van der Waals surface area contributed by atoms with Crippen molar-refractivity contribution in [2.75, 3.05) is 50.9 Å². The number of nitrogens with one attached hydrogen (secondary N) is 1. The molecule has 7 nitrogen and oxygen atoms in total. The van der Waals surface area contributed by atoms with Crippen molar-refractivity contribution in [1.29, 1.82) is 0 Å². The van der Waals surface area contributed by atoms with Gasteiger partial charge in [-0.15, -0.1) is 0 Å². The minimum Gasteiger partial charge on any atom is -0.477 e. The van der Waals surface area contributed by atoms with Crippen LogP contribution in [0.15, 0.2) is 60.7 Å². The van der Waals surface area contributed by atoms with E-state index in [4.69, 9.17) is 10.5 Å². The van der Waals surface area contributed by atoms with E-state index in [-0.39, 0.29) is 29.2 Å². The zero-order valence-electron chi connectivity index (χ0n) is 24.9. The summed E-state index contributed by atoms with van der Waals surface area (Å²) in [5.74, 6) is 6.33. The Hall–Kier alpha value is -4.59. The monoisotopic (exact) mass is 601 g/mol. The highest BCUT2D eigenvalue weighted by Crippen LogP contribution is 2.35. The fraction of sp³-hybridized carbons (Fsp3) is 0.294. The van der Waals surface area contributed by atoms with E-state index in [1.807, 2.05) is 50.1 Å². The Balaban J connectivity index is 1.39. The number of nitrogens with two attached hydrogens (primary N) is 1. The lowest BCUT2D eigenvalue weighted by Crippen LogP contribution is -2.44. The third-order valence-corrected chi connectivity index (χ3v) is 7.67. The smallest absolute Gasteiger partial charge is 0.416 e. The number of aryl methyl sites for hydroxylation is 1. The quantitative estimate of drug-likeness (QED) is 0.266. The maximum atomic E-state index is 14.0. The third-order valence-electron chi connectivity index (χ3n) is 7.67. The van der Waals surface area contributed by atoms with Gasteiger partial charge in [0.15, 0.2) is 0 Å². The second-order valence-corrected chi connectivity index (χ2v) is 10.8. The average molecular weight is 602 g/mol. The van der Waals surface area contributed by atoms with Crippen molar-refractivity contribution in [2.45, 2.75) is 26.6 Å². The van der Waals surface area contributed by atoms with Gasteiger partial charge in [-0.2, -0.15) is 18.2 Å². The van der Waals surface area contributed by atoms with Gasteiger partial charge in [0.05, 0.1) is 17.7 Å². The number of halogens is 3. The van der Waals surface area contributed by atoms with Crippen molar-refractivity contribution >= 4 is 28.2 Å². The normalized spacial score (nSPS) is 14.2. The SMILES string of the molecule is CCOc1nc(N)c(C#Cc2cc(C(=O)Nc3ccc(CN4CCN(C)CC4)c(C(F)(F)F)c3)ccc2C)c2ccccc12. The summed E-state index contributed by atoms with van der Waals surface area (Å²) in [6.07, 6.45) is -4.56. The molecule has 0 spiro atoms. The van der Waals surface area contributed by atoms with Gasteiger partial charge < -0.3 is 20.7 Å². The molecule has 0 atom stereocenters. The van der Waals surface area contributed by atoms with Crippen LogP contribution in [0.4, 0.5) is 24.7 Å². The predicted molar refractivity (Wildman–Crippen MR) is 167 cm³/mol. The number of fused-ring (bicyclic) bond motifs is 1. The van der Waals surface area contributed by atoms with E-state index in [1.54, 1.807) is 18.2 Å². The molecule has 0 radical (unpaired) electrons. The zero-order valence-corrected chi connectivity index (χ0v) is 24.9. The molecular formula is C34H34F3N5O2. The van der Waals surface area contributed by atoms with Crippen molar-refractivity contribution in [3.63, 3.8) is 0 Å². The van der Waals surface area contributed by atoms with Gasteiger partial charge in [-0.1, -0.05) is 42.2 Å². The number of anilines is 2. The van der Waals surface area contributed by atoms with Gasteiger partial charge >= 0.3 is 6.18 Å². The molecule has 1 saturated heterocycles. The molecule has 3 aromatic carbocycles. The number of nitrogen functional groups attached to an aromatic ring is 1. The number of hydrogen-bond acceptors (Lipinski definition) is 6. The van der Waals surface area contributed by atoms with Gasteiger partial charge in [-0.05, 0) is 62.4 Å². The molecule has 1 fully saturated rings. The van der Waals surface area contributed by atoms with E-state index in [1.165, 1.54) is 12.1 Å². The van der Waals surface area contributed by atoms with E-state index in [0.29, 0.717) is 36.7 Å². The molecule has 0 aliphatic carbocycles. The molecule has 0 saturated carbocycles. The Bertz CT molecular complexity index is 1750. The fourth-order valence-electron chi connectivity index (χ4n) is 5.16. The predicted octanol–water partition coefficient (Wildman–Crippen LogP) is 5.94. The summed E-state index contributed by atoms with van der Waals surface area (Å²) in [7, 11) is 2.00. The van der Waals surface area contributed by atoms with Gasteiger partial charge in [-0.3, -0.25) is 9.69 Å². The Morgan fingerprint density at radius 2 is 1.75 bits per heavy atom. The molecule has 228 valence electrons. The van der Waals surface area contributed by atoms with Crippen LogP contribution in [0.5, 0.6) is 5.88 Å². The zero-order chi connectivity index (χ0) is 31.4. The topological polar surface area (TPSA) is 83.7 Å². The number of alkyl halides is 3.